The third-order valence-electron chi connectivity index (χ3n) is 16.8. The maximum atomic E-state index is 13.1. The van der Waals surface area contributed by atoms with Gasteiger partial charge in [-0.25, -0.2) is 0 Å². The standard InChI is InChI=1S/C69H141N2O6P/c1-6-8-10-12-14-16-18-20-22-24-26-28-30-32-34-35-36-37-39-41-43-45-47-49-51-53-55-57-59-61-63-69(73)70-67(66-77-78(74,75)76-65-64-71(3,4)5)68(72)62-60-58-56-54-52-50-48-46-44-42-40-38-33-31-29-27-25-23-21-19-17-15-13-11-9-7-2/h67-68,72H,6-66H2,1-5H3,(H-,70,73,74,75). The summed E-state index contributed by atoms with van der Waals surface area (Å²) in [5.74, 6) is -0.153. The molecule has 3 atom stereocenters. The van der Waals surface area contributed by atoms with E-state index in [-0.39, 0.29) is 19.1 Å². The average molecular weight is 1130 g/mol. The number of carbonyl (C=O) groups excluding carboxylic acids is 1. The second-order valence-electron chi connectivity index (χ2n) is 26.0. The molecule has 468 valence electrons. The highest BCUT2D eigenvalue weighted by Gasteiger charge is 2.24. The van der Waals surface area contributed by atoms with Gasteiger partial charge < -0.3 is 28.8 Å². The number of carbonyl (C=O) groups is 1. The molecule has 78 heavy (non-hydrogen) atoms. The van der Waals surface area contributed by atoms with Crippen LogP contribution in [-0.2, 0) is 18.4 Å². The summed E-state index contributed by atoms with van der Waals surface area (Å²) in [5, 5.41) is 14.1. The third kappa shape index (κ3) is 63.1. The molecule has 0 aliphatic heterocycles. The summed E-state index contributed by atoms with van der Waals surface area (Å²) in [6.45, 7) is 4.80. The van der Waals surface area contributed by atoms with Crippen LogP contribution in [0.2, 0.25) is 0 Å². The van der Waals surface area contributed by atoms with Gasteiger partial charge in [0.25, 0.3) is 7.82 Å². The summed E-state index contributed by atoms with van der Waals surface area (Å²) in [6.07, 6.45) is 76.1. The summed E-state index contributed by atoms with van der Waals surface area (Å²) >= 11 is 0. The summed E-state index contributed by atoms with van der Waals surface area (Å²) in [7, 11) is 1.33. The maximum absolute atomic E-state index is 13.1. The molecule has 8 nitrogen and oxygen atoms in total. The van der Waals surface area contributed by atoms with Gasteiger partial charge in [-0.2, -0.15) is 0 Å². The lowest BCUT2D eigenvalue weighted by atomic mass is 10.0. The van der Waals surface area contributed by atoms with Crippen molar-refractivity contribution >= 4 is 13.7 Å². The molecule has 0 aliphatic carbocycles. The van der Waals surface area contributed by atoms with Crippen molar-refractivity contribution in [2.24, 2.45) is 0 Å². The molecule has 0 fully saturated rings. The first-order chi connectivity index (χ1) is 38.0. The fourth-order valence-electron chi connectivity index (χ4n) is 11.3. The largest absolute Gasteiger partial charge is 0.756 e. The number of nitrogens with one attached hydrogen (secondary N) is 1. The highest BCUT2D eigenvalue weighted by atomic mass is 31.2. The molecule has 0 radical (unpaired) electrons. The van der Waals surface area contributed by atoms with Gasteiger partial charge in [-0.3, -0.25) is 9.36 Å². The van der Waals surface area contributed by atoms with Crippen LogP contribution in [-0.4, -0.2) is 68.5 Å². The molecule has 0 saturated heterocycles. The Hall–Kier alpha value is -0.500. The molecule has 0 aromatic rings. The molecule has 0 rings (SSSR count). The number of unbranched alkanes of at least 4 members (excludes halogenated alkanes) is 54. The van der Waals surface area contributed by atoms with Crippen molar-refractivity contribution in [2.75, 3.05) is 40.9 Å². The first kappa shape index (κ1) is 77.5. The van der Waals surface area contributed by atoms with Gasteiger partial charge in [0.2, 0.25) is 5.91 Å². The maximum Gasteiger partial charge on any atom is 0.268 e. The summed E-state index contributed by atoms with van der Waals surface area (Å²) in [5.41, 5.74) is 0. The summed E-state index contributed by atoms with van der Waals surface area (Å²) in [4.78, 5) is 25.7. The number of aliphatic hydroxyl groups is 1. The lowest BCUT2D eigenvalue weighted by Crippen LogP contribution is -2.46. The van der Waals surface area contributed by atoms with Crippen LogP contribution in [0, 0.1) is 0 Å². The van der Waals surface area contributed by atoms with Crippen molar-refractivity contribution in [2.45, 2.75) is 398 Å². The van der Waals surface area contributed by atoms with E-state index in [1.807, 2.05) is 21.1 Å². The Morgan fingerprint density at radius 3 is 0.872 bits per heavy atom. The van der Waals surface area contributed by atoms with Crippen molar-refractivity contribution < 1.29 is 32.9 Å². The summed E-state index contributed by atoms with van der Waals surface area (Å²) < 4.78 is 23.5. The van der Waals surface area contributed by atoms with E-state index < -0.39 is 20.0 Å². The number of aliphatic hydroxyl groups excluding tert-OH is 1. The molecule has 0 aliphatic rings. The van der Waals surface area contributed by atoms with Gasteiger partial charge in [0.05, 0.1) is 39.9 Å². The molecular weight excluding hydrogens is 984 g/mol. The number of rotatable bonds is 67. The fraction of sp³-hybridized carbons (Fsp3) is 0.986. The van der Waals surface area contributed by atoms with E-state index in [4.69, 9.17) is 9.05 Å². The fourth-order valence-corrected chi connectivity index (χ4v) is 12.1. The number of hydrogen-bond donors (Lipinski definition) is 2. The lowest BCUT2D eigenvalue weighted by Gasteiger charge is -2.30. The van der Waals surface area contributed by atoms with E-state index >= 15 is 0 Å². The van der Waals surface area contributed by atoms with E-state index in [2.05, 4.69) is 19.2 Å². The lowest BCUT2D eigenvalue weighted by molar-refractivity contribution is -0.870. The van der Waals surface area contributed by atoms with Crippen LogP contribution >= 0.6 is 7.82 Å². The monoisotopic (exact) mass is 1130 g/mol. The minimum Gasteiger partial charge on any atom is -0.756 e. The molecule has 0 bridgehead atoms. The van der Waals surface area contributed by atoms with Crippen molar-refractivity contribution in [1.29, 1.82) is 0 Å². The number of phosphoric ester groups is 1. The van der Waals surface area contributed by atoms with E-state index in [0.717, 1.165) is 38.5 Å². The second kappa shape index (κ2) is 61.1. The zero-order valence-corrected chi connectivity index (χ0v) is 54.6. The number of quaternary nitrogens is 1. The number of phosphoric acid groups is 1. The predicted molar refractivity (Wildman–Crippen MR) is 339 cm³/mol. The SMILES string of the molecule is CCCCCCCCCCCCCCCCCCCCCCCCCCCCCCCCC(=O)NC(COP(=O)([O-])OCC[N+](C)(C)C)C(O)CCCCCCCCCCCCCCCCCCCCCCCCCCCC. The molecular formula is C69H141N2O6P. The van der Waals surface area contributed by atoms with Crippen LogP contribution in [0.15, 0.2) is 0 Å². The first-order valence-electron chi connectivity index (χ1n) is 35.4. The summed E-state index contributed by atoms with van der Waals surface area (Å²) in [6, 6.07) is -0.797. The van der Waals surface area contributed by atoms with Gasteiger partial charge >= 0.3 is 0 Å². The van der Waals surface area contributed by atoms with Gasteiger partial charge in [-0.1, -0.05) is 367 Å². The van der Waals surface area contributed by atoms with Gasteiger partial charge in [0.1, 0.15) is 13.2 Å². The molecule has 2 N–H and O–H groups in total. The van der Waals surface area contributed by atoms with Crippen LogP contribution in [0.3, 0.4) is 0 Å². The number of likely N-dealkylation sites (N-methyl/N-ethyl adjacent to an activating group) is 1. The molecule has 0 aromatic carbocycles. The Kier molecular flexibility index (Phi) is 60.7. The normalized spacial score (nSPS) is 13.6. The van der Waals surface area contributed by atoms with Crippen molar-refractivity contribution in [3.8, 4) is 0 Å². The number of nitrogens with zero attached hydrogens (tertiary/aromatic N) is 1. The molecule has 1 amide bonds. The van der Waals surface area contributed by atoms with Crippen molar-refractivity contribution in [3.63, 3.8) is 0 Å². The van der Waals surface area contributed by atoms with Crippen LogP contribution in [0.5, 0.6) is 0 Å². The third-order valence-corrected chi connectivity index (χ3v) is 17.8. The van der Waals surface area contributed by atoms with Crippen LogP contribution in [0.1, 0.15) is 386 Å². The van der Waals surface area contributed by atoms with Gasteiger partial charge in [0, 0.05) is 6.42 Å². The first-order valence-corrected chi connectivity index (χ1v) is 36.8. The predicted octanol–water partition coefficient (Wildman–Crippen LogP) is 21.7. The highest BCUT2D eigenvalue weighted by molar-refractivity contribution is 7.45. The Morgan fingerprint density at radius 2 is 0.628 bits per heavy atom. The Morgan fingerprint density at radius 1 is 0.397 bits per heavy atom. The van der Waals surface area contributed by atoms with Crippen molar-refractivity contribution in [3.05, 3.63) is 0 Å². The van der Waals surface area contributed by atoms with E-state index in [0.29, 0.717) is 23.9 Å². The van der Waals surface area contributed by atoms with Crippen LogP contribution < -0.4 is 10.2 Å². The smallest absolute Gasteiger partial charge is 0.268 e. The second-order valence-corrected chi connectivity index (χ2v) is 27.4. The minimum atomic E-state index is -4.58. The molecule has 0 heterocycles. The molecule has 3 unspecified atom stereocenters. The Labute approximate surface area is 489 Å². The van der Waals surface area contributed by atoms with Gasteiger partial charge in [0.15, 0.2) is 0 Å². The topological polar surface area (TPSA) is 108 Å². The van der Waals surface area contributed by atoms with Crippen molar-refractivity contribution in [1.82, 2.24) is 5.32 Å². The molecule has 0 saturated carbocycles. The van der Waals surface area contributed by atoms with Crippen LogP contribution in [0.4, 0.5) is 0 Å². The molecule has 0 aromatic heterocycles. The molecule has 0 spiro atoms. The van der Waals surface area contributed by atoms with Gasteiger partial charge in [-0.15, -0.1) is 0 Å². The van der Waals surface area contributed by atoms with Crippen LogP contribution in [0.25, 0.3) is 0 Å². The highest BCUT2D eigenvalue weighted by Crippen LogP contribution is 2.38. The Balaban J connectivity index is 3.98. The minimum absolute atomic E-state index is 0.0170. The average Bonchev–Trinajstić information content (AvgIpc) is 3.41. The number of amides is 1. The quantitative estimate of drug-likeness (QED) is 0.0357. The zero-order chi connectivity index (χ0) is 57.0. The number of hydrogen-bond acceptors (Lipinski definition) is 6. The molecule has 9 heteroatoms. The van der Waals surface area contributed by atoms with E-state index in [1.165, 1.54) is 321 Å². The van der Waals surface area contributed by atoms with E-state index in [1.54, 1.807) is 0 Å². The Bertz CT molecular complexity index is 1230. The van der Waals surface area contributed by atoms with Gasteiger partial charge in [-0.05, 0) is 12.8 Å². The van der Waals surface area contributed by atoms with E-state index in [9.17, 15) is 19.4 Å². The zero-order valence-electron chi connectivity index (χ0n) is 53.7.